The molecule has 2 N–H and O–H groups in total. The van der Waals surface area contributed by atoms with Gasteiger partial charge < -0.3 is 10.6 Å². The third-order valence-corrected chi connectivity index (χ3v) is 3.31. The lowest BCUT2D eigenvalue weighted by Crippen LogP contribution is -2.48. The largest absolute Gasteiger partial charge is 0.355 e. The average Bonchev–Trinajstić information content (AvgIpc) is 2.21. The molecule has 1 saturated heterocycles. The number of benzene rings is 1. The molecule has 1 aliphatic rings. The predicted molar refractivity (Wildman–Crippen MR) is 69.0 cm³/mol. The van der Waals surface area contributed by atoms with Crippen molar-refractivity contribution in [3.8, 4) is 0 Å². The monoisotopic (exact) mass is 232 g/mol. The number of carbonyl (C=O) groups is 1. The van der Waals surface area contributed by atoms with Crippen molar-refractivity contribution in [2.75, 3.05) is 19.6 Å². The first kappa shape index (κ1) is 12.1. The van der Waals surface area contributed by atoms with E-state index in [1.54, 1.807) is 0 Å². The minimum absolute atomic E-state index is 0.130. The van der Waals surface area contributed by atoms with Crippen molar-refractivity contribution in [2.45, 2.75) is 20.3 Å². The maximum Gasteiger partial charge on any atom is 0.224 e. The summed E-state index contributed by atoms with van der Waals surface area (Å²) in [5.41, 5.74) is 3.53. The number of rotatable bonds is 4. The molecule has 1 aliphatic heterocycles. The normalized spacial score (nSPS) is 15.4. The summed E-state index contributed by atoms with van der Waals surface area (Å²) >= 11 is 0. The molecule has 1 amide bonds. The lowest BCUT2D eigenvalue weighted by Gasteiger charge is -2.27. The summed E-state index contributed by atoms with van der Waals surface area (Å²) in [6.45, 7) is 6.98. The average molecular weight is 232 g/mol. The van der Waals surface area contributed by atoms with Crippen molar-refractivity contribution in [1.29, 1.82) is 0 Å². The topological polar surface area (TPSA) is 41.1 Å². The van der Waals surface area contributed by atoms with Crippen molar-refractivity contribution in [2.24, 2.45) is 5.92 Å². The van der Waals surface area contributed by atoms with Gasteiger partial charge in [0.25, 0.3) is 0 Å². The zero-order valence-electron chi connectivity index (χ0n) is 10.5. The molecule has 0 aliphatic carbocycles. The molecule has 0 unspecified atom stereocenters. The molecule has 0 aromatic heterocycles. The third-order valence-electron chi connectivity index (χ3n) is 3.31. The first-order valence-electron chi connectivity index (χ1n) is 6.18. The van der Waals surface area contributed by atoms with Crippen LogP contribution >= 0.6 is 0 Å². The van der Waals surface area contributed by atoms with Gasteiger partial charge in [-0.15, -0.1) is 0 Å². The fourth-order valence-electron chi connectivity index (χ4n) is 1.98. The number of carbonyl (C=O) groups excluding carboxylic acids is 1. The SMILES string of the molecule is Cc1ccc(C)c(CC(=O)NCC2CNC2)c1. The summed E-state index contributed by atoms with van der Waals surface area (Å²) in [5.74, 6) is 0.753. The van der Waals surface area contributed by atoms with Crippen LogP contribution in [0.15, 0.2) is 18.2 Å². The van der Waals surface area contributed by atoms with Gasteiger partial charge in [0.15, 0.2) is 0 Å². The van der Waals surface area contributed by atoms with Gasteiger partial charge in [-0.25, -0.2) is 0 Å². The Bertz CT molecular complexity index is 411. The van der Waals surface area contributed by atoms with Gasteiger partial charge in [0.05, 0.1) is 6.42 Å². The molecular formula is C14H20N2O. The van der Waals surface area contributed by atoms with Crippen molar-refractivity contribution in [3.05, 3.63) is 34.9 Å². The Morgan fingerprint density at radius 2 is 2.18 bits per heavy atom. The summed E-state index contributed by atoms with van der Waals surface area (Å²) < 4.78 is 0. The smallest absolute Gasteiger partial charge is 0.224 e. The molecule has 0 radical (unpaired) electrons. The van der Waals surface area contributed by atoms with Gasteiger partial charge in [0, 0.05) is 25.6 Å². The number of hydrogen-bond acceptors (Lipinski definition) is 2. The summed E-state index contributed by atoms with van der Waals surface area (Å²) in [6, 6.07) is 6.25. The minimum Gasteiger partial charge on any atom is -0.355 e. The van der Waals surface area contributed by atoms with E-state index in [0.29, 0.717) is 12.3 Å². The molecule has 0 bridgehead atoms. The van der Waals surface area contributed by atoms with Crippen LogP contribution in [0, 0.1) is 19.8 Å². The van der Waals surface area contributed by atoms with Crippen LogP contribution in [0.4, 0.5) is 0 Å². The summed E-state index contributed by atoms with van der Waals surface area (Å²) in [4.78, 5) is 11.8. The van der Waals surface area contributed by atoms with Gasteiger partial charge in [-0.05, 0) is 25.0 Å². The van der Waals surface area contributed by atoms with Crippen LogP contribution in [0.2, 0.25) is 0 Å². The Morgan fingerprint density at radius 3 is 2.82 bits per heavy atom. The molecule has 92 valence electrons. The Balaban J connectivity index is 1.86. The van der Waals surface area contributed by atoms with E-state index in [1.165, 1.54) is 11.1 Å². The lowest BCUT2D eigenvalue weighted by atomic mass is 10.0. The first-order valence-corrected chi connectivity index (χ1v) is 6.18. The highest BCUT2D eigenvalue weighted by molar-refractivity contribution is 5.79. The maximum atomic E-state index is 11.8. The van der Waals surface area contributed by atoms with Crippen molar-refractivity contribution >= 4 is 5.91 Å². The van der Waals surface area contributed by atoms with Gasteiger partial charge in [0.1, 0.15) is 0 Å². The fourth-order valence-corrected chi connectivity index (χ4v) is 1.98. The molecule has 1 aromatic carbocycles. The lowest BCUT2D eigenvalue weighted by molar-refractivity contribution is -0.120. The first-order chi connectivity index (χ1) is 8.15. The van der Waals surface area contributed by atoms with E-state index in [2.05, 4.69) is 42.7 Å². The summed E-state index contributed by atoms with van der Waals surface area (Å²) in [7, 11) is 0. The fraction of sp³-hybridized carbons (Fsp3) is 0.500. The Morgan fingerprint density at radius 1 is 1.41 bits per heavy atom. The molecule has 0 saturated carbocycles. The molecule has 0 atom stereocenters. The quantitative estimate of drug-likeness (QED) is 0.818. The van der Waals surface area contributed by atoms with Crippen molar-refractivity contribution in [3.63, 3.8) is 0 Å². The Kier molecular flexibility index (Phi) is 3.79. The van der Waals surface area contributed by atoms with Gasteiger partial charge in [-0.3, -0.25) is 4.79 Å². The number of aryl methyl sites for hydroxylation is 2. The van der Waals surface area contributed by atoms with E-state index in [1.807, 2.05) is 0 Å². The van der Waals surface area contributed by atoms with Crippen LogP contribution in [-0.2, 0) is 11.2 Å². The highest BCUT2D eigenvalue weighted by atomic mass is 16.1. The van der Waals surface area contributed by atoms with Crippen LogP contribution in [0.25, 0.3) is 0 Å². The predicted octanol–water partition coefficient (Wildman–Crippen LogP) is 1.18. The van der Waals surface area contributed by atoms with Gasteiger partial charge >= 0.3 is 0 Å². The molecular weight excluding hydrogens is 212 g/mol. The second-order valence-corrected chi connectivity index (χ2v) is 4.94. The molecule has 1 fully saturated rings. The number of nitrogens with one attached hydrogen (secondary N) is 2. The molecule has 3 nitrogen and oxygen atoms in total. The van der Waals surface area contributed by atoms with Crippen LogP contribution in [-0.4, -0.2) is 25.5 Å². The molecule has 1 heterocycles. The van der Waals surface area contributed by atoms with E-state index < -0.39 is 0 Å². The van der Waals surface area contributed by atoms with Gasteiger partial charge in [0.2, 0.25) is 5.91 Å². The maximum absolute atomic E-state index is 11.8. The molecule has 1 aromatic rings. The van der Waals surface area contributed by atoms with E-state index in [0.717, 1.165) is 25.2 Å². The van der Waals surface area contributed by atoms with E-state index in [4.69, 9.17) is 0 Å². The van der Waals surface area contributed by atoms with Crippen LogP contribution in [0.1, 0.15) is 16.7 Å². The van der Waals surface area contributed by atoms with Crippen molar-refractivity contribution < 1.29 is 4.79 Å². The second kappa shape index (κ2) is 5.32. The van der Waals surface area contributed by atoms with E-state index >= 15 is 0 Å². The molecule has 3 heteroatoms. The molecule has 17 heavy (non-hydrogen) atoms. The van der Waals surface area contributed by atoms with Crippen LogP contribution in [0.3, 0.4) is 0 Å². The highest BCUT2D eigenvalue weighted by Gasteiger charge is 2.17. The van der Waals surface area contributed by atoms with E-state index in [9.17, 15) is 4.79 Å². The minimum atomic E-state index is 0.130. The third kappa shape index (κ3) is 3.30. The van der Waals surface area contributed by atoms with Crippen LogP contribution < -0.4 is 10.6 Å². The number of amides is 1. The summed E-state index contributed by atoms with van der Waals surface area (Å²) in [6.07, 6.45) is 0.494. The van der Waals surface area contributed by atoms with Gasteiger partial charge in [-0.2, -0.15) is 0 Å². The molecule has 0 spiro atoms. The van der Waals surface area contributed by atoms with E-state index in [-0.39, 0.29) is 5.91 Å². The Labute approximate surface area is 103 Å². The zero-order chi connectivity index (χ0) is 12.3. The summed E-state index contributed by atoms with van der Waals surface area (Å²) in [5, 5.41) is 6.20. The van der Waals surface area contributed by atoms with Crippen molar-refractivity contribution in [1.82, 2.24) is 10.6 Å². The molecule has 2 rings (SSSR count). The Hall–Kier alpha value is -1.35. The highest BCUT2D eigenvalue weighted by Crippen LogP contribution is 2.11. The number of hydrogen-bond donors (Lipinski definition) is 2. The second-order valence-electron chi connectivity index (χ2n) is 4.94. The van der Waals surface area contributed by atoms with Gasteiger partial charge in [-0.1, -0.05) is 23.8 Å². The standard InChI is InChI=1S/C14H20N2O/c1-10-3-4-11(2)13(5-10)6-14(17)16-9-12-7-15-8-12/h3-5,12,15H,6-9H2,1-2H3,(H,16,17). The zero-order valence-corrected chi connectivity index (χ0v) is 10.5. The van der Waals surface area contributed by atoms with Crippen LogP contribution in [0.5, 0.6) is 0 Å².